The van der Waals surface area contributed by atoms with Crippen LogP contribution in [-0.2, 0) is 16.8 Å². The fraction of sp³-hybridized carbons (Fsp3) is 0.222. The highest BCUT2D eigenvalue weighted by atomic mass is 35.5. The van der Waals surface area contributed by atoms with Crippen LogP contribution in [0.4, 0.5) is 5.69 Å². The Kier molecular flexibility index (Phi) is 9.80. The fourth-order valence-corrected chi connectivity index (χ4v) is 8.36. The predicted molar refractivity (Wildman–Crippen MR) is 218 cm³/mol. The molecule has 1 fully saturated rings. The number of carbonyl (C=O) groups is 1. The summed E-state index contributed by atoms with van der Waals surface area (Å²) in [7, 11) is 3.26. The van der Waals surface area contributed by atoms with E-state index in [1.54, 1.807) is 14.2 Å². The number of anilines is 1. The summed E-state index contributed by atoms with van der Waals surface area (Å²) in [6.45, 7) is 6.66. The summed E-state index contributed by atoms with van der Waals surface area (Å²) in [6, 6.07) is 39.3. The highest BCUT2D eigenvalue weighted by Crippen LogP contribution is 2.42. The van der Waals surface area contributed by atoms with Gasteiger partial charge in [0, 0.05) is 53.9 Å². The van der Waals surface area contributed by atoms with Gasteiger partial charge in [-0.25, -0.2) is 9.67 Å². The predicted octanol–water partition coefficient (Wildman–Crippen LogP) is 8.24. The summed E-state index contributed by atoms with van der Waals surface area (Å²) < 4.78 is 15.6. The van der Waals surface area contributed by atoms with Gasteiger partial charge in [-0.2, -0.15) is 5.10 Å². The van der Waals surface area contributed by atoms with Gasteiger partial charge in [0.2, 0.25) is 5.91 Å². The molecule has 8 rings (SSSR count). The van der Waals surface area contributed by atoms with Crippen LogP contribution in [0.5, 0.6) is 11.5 Å². The molecule has 7 aromatic rings. The van der Waals surface area contributed by atoms with Gasteiger partial charge in [0.1, 0.15) is 5.54 Å². The Bertz CT molecular complexity index is 2360. The molecule has 0 radical (unpaired) electrons. The van der Waals surface area contributed by atoms with Gasteiger partial charge in [-0.3, -0.25) is 4.79 Å². The second-order valence-electron chi connectivity index (χ2n) is 13.9. The van der Waals surface area contributed by atoms with Gasteiger partial charge in [0.15, 0.2) is 17.3 Å². The van der Waals surface area contributed by atoms with Crippen molar-refractivity contribution in [3.8, 4) is 17.3 Å². The number of fused-ring (bicyclic) bond motifs is 1. The maximum Gasteiger partial charge on any atom is 0.228 e. The number of rotatable bonds is 10. The molecule has 0 saturated carbocycles. The van der Waals surface area contributed by atoms with Crippen molar-refractivity contribution in [1.29, 1.82) is 0 Å². The summed E-state index contributed by atoms with van der Waals surface area (Å²) >= 11 is 6.43. The van der Waals surface area contributed by atoms with Gasteiger partial charge in [-0.1, -0.05) is 109 Å². The number of ether oxygens (including phenoxy) is 2. The van der Waals surface area contributed by atoms with Gasteiger partial charge in [0.25, 0.3) is 0 Å². The van der Waals surface area contributed by atoms with Crippen molar-refractivity contribution in [2.75, 3.05) is 45.3 Å². The Morgan fingerprint density at radius 2 is 1.36 bits per heavy atom. The summed E-state index contributed by atoms with van der Waals surface area (Å²) in [5.74, 6) is 1.80. The maximum atomic E-state index is 14.1. The summed E-state index contributed by atoms with van der Waals surface area (Å²) in [5, 5.41) is 6.75. The number of amides is 1. The van der Waals surface area contributed by atoms with E-state index >= 15 is 0 Å². The van der Waals surface area contributed by atoms with E-state index in [1.807, 2.05) is 72.4 Å². The standard InChI is InChI=1S/C45H43ClN6O3/c1-31-36(46)21-14-22-38(31)49-23-25-50(26-24-49)42(53)27-37-43-32(2)44(55-4)40(54-3)28-39(43)52(48-37)41-29-51(30-47-41)45(33-15-8-5-9-16-33,34-17-10-6-11-18-34)35-19-12-7-13-20-35/h5-22,28-30H,23-27H2,1-4H3. The minimum Gasteiger partial charge on any atom is -0.493 e. The highest BCUT2D eigenvalue weighted by Gasteiger charge is 2.39. The van der Waals surface area contributed by atoms with E-state index in [0.717, 1.165) is 62.5 Å². The quantitative estimate of drug-likeness (QED) is 0.131. The average Bonchev–Trinajstić information content (AvgIpc) is 3.86. The van der Waals surface area contributed by atoms with E-state index < -0.39 is 5.54 Å². The number of aryl methyl sites for hydroxylation is 1. The van der Waals surface area contributed by atoms with Crippen LogP contribution in [0.2, 0.25) is 5.02 Å². The van der Waals surface area contributed by atoms with Crippen molar-refractivity contribution in [2.24, 2.45) is 0 Å². The number of nitrogens with zero attached hydrogens (tertiary/aromatic N) is 6. The number of hydrogen-bond acceptors (Lipinski definition) is 6. The zero-order valence-electron chi connectivity index (χ0n) is 31.4. The van der Waals surface area contributed by atoms with Crippen LogP contribution in [0.3, 0.4) is 0 Å². The molecule has 0 spiro atoms. The van der Waals surface area contributed by atoms with Crippen LogP contribution >= 0.6 is 11.6 Å². The van der Waals surface area contributed by atoms with Gasteiger partial charge in [-0.05, 0) is 48.2 Å². The first-order chi connectivity index (χ1) is 26.8. The zero-order chi connectivity index (χ0) is 38.1. The molecule has 278 valence electrons. The SMILES string of the molecule is COc1cc2c(c(CC(=O)N3CCN(c4cccc(Cl)c4C)CC3)nn2-c2cn(C(c3ccccc3)(c3ccccc3)c3ccccc3)cn2)c(C)c1OC. The Hall–Kier alpha value is -6.06. The number of carbonyl (C=O) groups excluding carboxylic acids is 1. The van der Waals surface area contributed by atoms with E-state index in [-0.39, 0.29) is 12.3 Å². The maximum absolute atomic E-state index is 14.1. The molecule has 55 heavy (non-hydrogen) atoms. The summed E-state index contributed by atoms with van der Waals surface area (Å²) in [5.41, 5.74) is 6.93. The Labute approximate surface area is 326 Å². The second-order valence-corrected chi connectivity index (χ2v) is 14.3. The van der Waals surface area contributed by atoms with Crippen LogP contribution < -0.4 is 14.4 Å². The van der Waals surface area contributed by atoms with Crippen molar-refractivity contribution in [3.63, 3.8) is 0 Å². The molecule has 1 aliphatic heterocycles. The van der Waals surface area contributed by atoms with Gasteiger partial charge < -0.3 is 23.8 Å². The lowest BCUT2D eigenvalue weighted by Crippen LogP contribution is -2.49. The first-order valence-corrected chi connectivity index (χ1v) is 18.8. The third-order valence-electron chi connectivity index (χ3n) is 10.9. The van der Waals surface area contributed by atoms with E-state index in [2.05, 4.69) is 88.3 Å². The molecule has 0 N–H and O–H groups in total. The molecule has 1 amide bonds. The van der Waals surface area contributed by atoms with Crippen LogP contribution in [0.1, 0.15) is 33.5 Å². The zero-order valence-corrected chi connectivity index (χ0v) is 32.2. The number of benzene rings is 5. The van der Waals surface area contributed by atoms with Crippen molar-refractivity contribution < 1.29 is 14.3 Å². The highest BCUT2D eigenvalue weighted by molar-refractivity contribution is 6.31. The molecule has 0 unspecified atom stereocenters. The lowest BCUT2D eigenvalue weighted by atomic mass is 9.77. The van der Waals surface area contributed by atoms with E-state index in [9.17, 15) is 4.79 Å². The third-order valence-corrected chi connectivity index (χ3v) is 11.3. The topological polar surface area (TPSA) is 77.7 Å². The monoisotopic (exact) mass is 750 g/mol. The first-order valence-electron chi connectivity index (χ1n) is 18.5. The number of aromatic nitrogens is 4. The van der Waals surface area contributed by atoms with E-state index in [1.165, 1.54) is 0 Å². The molecule has 0 atom stereocenters. The Morgan fingerprint density at radius 3 is 1.93 bits per heavy atom. The van der Waals surface area contributed by atoms with Crippen LogP contribution in [0.15, 0.2) is 128 Å². The molecule has 2 aromatic heterocycles. The molecule has 9 nitrogen and oxygen atoms in total. The molecule has 3 heterocycles. The van der Waals surface area contributed by atoms with E-state index in [4.69, 9.17) is 31.2 Å². The molecular formula is C45H43ClN6O3. The van der Waals surface area contributed by atoms with Gasteiger partial charge in [0.05, 0.1) is 44.4 Å². The fourth-order valence-electron chi connectivity index (χ4n) is 8.19. The summed E-state index contributed by atoms with van der Waals surface area (Å²) in [6.07, 6.45) is 4.03. The van der Waals surface area contributed by atoms with Crippen molar-refractivity contribution in [3.05, 3.63) is 166 Å². The van der Waals surface area contributed by atoms with Crippen LogP contribution in [-0.4, -0.2) is 70.5 Å². The number of piperazine rings is 1. The number of halogens is 1. The van der Waals surface area contributed by atoms with Crippen molar-refractivity contribution in [1.82, 2.24) is 24.2 Å². The minimum absolute atomic E-state index is 0.0185. The molecule has 10 heteroatoms. The molecule has 1 aliphatic rings. The smallest absolute Gasteiger partial charge is 0.228 e. The first kappa shape index (κ1) is 35.9. The van der Waals surface area contributed by atoms with Crippen LogP contribution in [0, 0.1) is 13.8 Å². The van der Waals surface area contributed by atoms with Crippen molar-refractivity contribution >= 4 is 34.1 Å². The second kappa shape index (κ2) is 15.0. The molecule has 1 saturated heterocycles. The summed E-state index contributed by atoms with van der Waals surface area (Å²) in [4.78, 5) is 23.3. The normalized spacial score (nSPS) is 13.3. The third kappa shape index (κ3) is 6.28. The van der Waals surface area contributed by atoms with Gasteiger partial charge >= 0.3 is 0 Å². The van der Waals surface area contributed by atoms with Crippen molar-refractivity contribution in [2.45, 2.75) is 25.8 Å². The average molecular weight is 751 g/mol. The Morgan fingerprint density at radius 1 is 0.764 bits per heavy atom. The Balaban J connectivity index is 1.21. The molecule has 0 bridgehead atoms. The van der Waals surface area contributed by atoms with E-state index in [0.29, 0.717) is 36.1 Å². The van der Waals surface area contributed by atoms with Crippen LogP contribution in [0.25, 0.3) is 16.7 Å². The van der Waals surface area contributed by atoms with Gasteiger partial charge in [-0.15, -0.1) is 0 Å². The number of imidazole rings is 1. The minimum atomic E-state index is -0.751. The molecular weight excluding hydrogens is 708 g/mol. The lowest BCUT2D eigenvalue weighted by Gasteiger charge is -2.37. The largest absolute Gasteiger partial charge is 0.493 e. The molecule has 5 aromatic carbocycles. The molecule has 0 aliphatic carbocycles. The number of hydrogen-bond donors (Lipinski definition) is 0. The lowest BCUT2D eigenvalue weighted by molar-refractivity contribution is -0.130. The number of methoxy groups -OCH3 is 2.